The van der Waals surface area contributed by atoms with E-state index in [0.29, 0.717) is 5.75 Å². The molecule has 1 unspecified atom stereocenters. The van der Waals surface area contributed by atoms with Crippen molar-refractivity contribution >= 4 is 37.5 Å². The summed E-state index contributed by atoms with van der Waals surface area (Å²) in [5.74, 6) is 0.294. The predicted molar refractivity (Wildman–Crippen MR) is 127 cm³/mol. The summed E-state index contributed by atoms with van der Waals surface area (Å²) in [6.07, 6.45) is 0.795. The largest absolute Gasteiger partial charge is 0.484 e. The van der Waals surface area contributed by atoms with Crippen molar-refractivity contribution in [1.82, 2.24) is 4.72 Å². The van der Waals surface area contributed by atoms with Gasteiger partial charge in [-0.25, -0.2) is 13.1 Å². The fourth-order valence-electron chi connectivity index (χ4n) is 3.77. The number of anilines is 1. The third-order valence-electron chi connectivity index (χ3n) is 5.33. The zero-order chi connectivity index (χ0) is 22.7. The highest BCUT2D eigenvalue weighted by Crippen LogP contribution is 2.34. The summed E-state index contributed by atoms with van der Waals surface area (Å²) < 4.78 is 34.3. The molecule has 3 aromatic rings. The maximum Gasteiger partial charge on any atom is 0.265 e. The number of sulfonamides is 1. The van der Waals surface area contributed by atoms with Gasteiger partial charge in [-0.3, -0.25) is 4.79 Å². The Hall–Kier alpha value is -2.68. The van der Waals surface area contributed by atoms with Crippen LogP contribution in [0.4, 0.5) is 5.69 Å². The van der Waals surface area contributed by atoms with E-state index in [9.17, 15) is 13.2 Å². The standard InChI is InChI=1S/C24H23BrN2O4S/c1-17-13-19-14-20(25)7-12-23(19)27(17)24(28)16-31-21-8-10-22(11-9-21)32(29,30)26-15-18-5-3-2-4-6-18/h2-12,14,17,26H,13,15-16H2,1H3. The molecule has 0 aliphatic carbocycles. The Labute approximate surface area is 196 Å². The smallest absolute Gasteiger partial charge is 0.265 e. The van der Waals surface area contributed by atoms with Gasteiger partial charge >= 0.3 is 0 Å². The van der Waals surface area contributed by atoms with E-state index < -0.39 is 10.0 Å². The molecule has 4 rings (SSSR count). The van der Waals surface area contributed by atoms with Gasteiger partial charge < -0.3 is 9.64 Å². The minimum atomic E-state index is -3.65. The molecule has 0 saturated carbocycles. The summed E-state index contributed by atoms with van der Waals surface area (Å²) in [6, 6.07) is 21.3. The molecular weight excluding hydrogens is 492 g/mol. The fraction of sp³-hybridized carbons (Fsp3) is 0.208. The van der Waals surface area contributed by atoms with Gasteiger partial charge in [-0.05, 0) is 66.9 Å². The van der Waals surface area contributed by atoms with Gasteiger partial charge in [0.15, 0.2) is 6.61 Å². The molecule has 32 heavy (non-hydrogen) atoms. The van der Waals surface area contributed by atoms with Crippen molar-refractivity contribution < 1.29 is 17.9 Å². The Balaban J connectivity index is 1.36. The van der Waals surface area contributed by atoms with Crippen LogP contribution in [0.5, 0.6) is 5.75 Å². The monoisotopic (exact) mass is 514 g/mol. The molecule has 0 radical (unpaired) electrons. The van der Waals surface area contributed by atoms with Gasteiger partial charge in [0, 0.05) is 22.7 Å². The van der Waals surface area contributed by atoms with Crippen LogP contribution in [0, 0.1) is 0 Å². The molecule has 1 aliphatic rings. The van der Waals surface area contributed by atoms with Gasteiger partial charge in [0.05, 0.1) is 4.90 Å². The number of amides is 1. The first kappa shape index (κ1) is 22.5. The van der Waals surface area contributed by atoms with Crippen LogP contribution in [0.15, 0.2) is 82.2 Å². The molecule has 6 nitrogen and oxygen atoms in total. The Bertz CT molecular complexity index is 1210. The average Bonchev–Trinajstić information content (AvgIpc) is 3.12. The third kappa shape index (κ3) is 5.03. The minimum Gasteiger partial charge on any atom is -0.484 e. The number of benzene rings is 3. The van der Waals surface area contributed by atoms with E-state index in [1.165, 1.54) is 12.1 Å². The van der Waals surface area contributed by atoms with Gasteiger partial charge in [-0.1, -0.05) is 46.3 Å². The van der Waals surface area contributed by atoms with Crippen LogP contribution in [0.2, 0.25) is 0 Å². The second kappa shape index (κ2) is 9.44. The van der Waals surface area contributed by atoms with Crippen molar-refractivity contribution in [3.8, 4) is 5.75 Å². The van der Waals surface area contributed by atoms with E-state index in [1.54, 1.807) is 17.0 Å². The van der Waals surface area contributed by atoms with Crippen molar-refractivity contribution in [2.75, 3.05) is 11.5 Å². The number of hydrogen-bond donors (Lipinski definition) is 1. The lowest BCUT2D eigenvalue weighted by Gasteiger charge is -2.22. The number of halogens is 1. The highest BCUT2D eigenvalue weighted by Gasteiger charge is 2.31. The van der Waals surface area contributed by atoms with E-state index in [0.717, 1.165) is 27.7 Å². The number of rotatable bonds is 7. The molecule has 1 N–H and O–H groups in total. The maximum absolute atomic E-state index is 12.8. The van der Waals surface area contributed by atoms with Gasteiger partial charge in [0.1, 0.15) is 5.75 Å². The third-order valence-corrected chi connectivity index (χ3v) is 7.24. The SMILES string of the molecule is CC1Cc2cc(Br)ccc2N1C(=O)COc1ccc(S(=O)(=O)NCc2ccccc2)cc1. The van der Waals surface area contributed by atoms with Crippen LogP contribution in [0.1, 0.15) is 18.1 Å². The lowest BCUT2D eigenvalue weighted by Crippen LogP contribution is -2.39. The van der Waals surface area contributed by atoms with E-state index in [4.69, 9.17) is 4.74 Å². The van der Waals surface area contributed by atoms with Crippen LogP contribution < -0.4 is 14.4 Å². The lowest BCUT2D eigenvalue weighted by molar-refractivity contribution is -0.120. The molecule has 0 bridgehead atoms. The molecule has 1 heterocycles. The van der Waals surface area contributed by atoms with Crippen molar-refractivity contribution in [3.63, 3.8) is 0 Å². The second-order valence-electron chi connectivity index (χ2n) is 7.66. The number of nitrogens with one attached hydrogen (secondary N) is 1. The molecular formula is C24H23BrN2O4S. The minimum absolute atomic E-state index is 0.0543. The topological polar surface area (TPSA) is 75.7 Å². The summed E-state index contributed by atoms with van der Waals surface area (Å²) >= 11 is 3.47. The van der Waals surface area contributed by atoms with Crippen LogP contribution in [-0.2, 0) is 27.8 Å². The Kier molecular flexibility index (Phi) is 6.64. The van der Waals surface area contributed by atoms with Gasteiger partial charge in [-0.2, -0.15) is 0 Å². The molecule has 166 valence electrons. The Morgan fingerprint density at radius 1 is 1.09 bits per heavy atom. The molecule has 3 aromatic carbocycles. The average molecular weight is 515 g/mol. The van der Waals surface area contributed by atoms with Gasteiger partial charge in [0.2, 0.25) is 10.0 Å². The fourth-order valence-corrected chi connectivity index (χ4v) is 5.19. The van der Waals surface area contributed by atoms with Gasteiger partial charge in [0.25, 0.3) is 5.91 Å². The summed E-state index contributed by atoms with van der Waals surface area (Å²) in [7, 11) is -3.65. The molecule has 1 aliphatic heterocycles. The van der Waals surface area contributed by atoms with Crippen LogP contribution in [0.3, 0.4) is 0 Å². The highest BCUT2D eigenvalue weighted by molar-refractivity contribution is 9.10. The van der Waals surface area contributed by atoms with E-state index in [-0.39, 0.29) is 30.0 Å². The summed E-state index contributed by atoms with van der Waals surface area (Å²) in [4.78, 5) is 14.7. The Morgan fingerprint density at radius 3 is 2.53 bits per heavy atom. The summed E-state index contributed by atoms with van der Waals surface area (Å²) in [5.41, 5.74) is 2.90. The van der Waals surface area contributed by atoms with Gasteiger partial charge in [-0.15, -0.1) is 0 Å². The van der Waals surface area contributed by atoms with E-state index in [2.05, 4.69) is 20.7 Å². The summed E-state index contributed by atoms with van der Waals surface area (Å²) in [6.45, 7) is 2.09. The van der Waals surface area contributed by atoms with Crippen LogP contribution >= 0.6 is 15.9 Å². The zero-order valence-corrected chi connectivity index (χ0v) is 19.9. The van der Waals surface area contributed by atoms with Crippen molar-refractivity contribution in [2.45, 2.75) is 30.8 Å². The number of carbonyl (C=O) groups is 1. The number of carbonyl (C=O) groups excluding carboxylic acids is 1. The highest BCUT2D eigenvalue weighted by atomic mass is 79.9. The number of ether oxygens (including phenoxy) is 1. The number of hydrogen-bond acceptors (Lipinski definition) is 4. The molecule has 0 saturated heterocycles. The number of nitrogens with zero attached hydrogens (tertiary/aromatic N) is 1. The molecule has 1 amide bonds. The predicted octanol–water partition coefficient (Wildman–Crippen LogP) is 4.28. The molecule has 0 fully saturated rings. The van der Waals surface area contributed by atoms with Crippen LogP contribution in [-0.4, -0.2) is 27.0 Å². The first-order valence-electron chi connectivity index (χ1n) is 10.2. The molecule has 0 spiro atoms. The first-order valence-corrected chi connectivity index (χ1v) is 12.5. The quantitative estimate of drug-likeness (QED) is 0.510. The normalized spacial score (nSPS) is 15.4. The summed E-state index contributed by atoms with van der Waals surface area (Å²) in [5, 5.41) is 0. The van der Waals surface area contributed by atoms with Crippen molar-refractivity contribution in [1.29, 1.82) is 0 Å². The zero-order valence-electron chi connectivity index (χ0n) is 17.5. The molecule has 1 atom stereocenters. The lowest BCUT2D eigenvalue weighted by atomic mass is 10.1. The molecule has 0 aromatic heterocycles. The maximum atomic E-state index is 12.8. The van der Waals surface area contributed by atoms with Crippen molar-refractivity contribution in [2.24, 2.45) is 0 Å². The van der Waals surface area contributed by atoms with Crippen LogP contribution in [0.25, 0.3) is 0 Å². The van der Waals surface area contributed by atoms with E-state index in [1.807, 2.05) is 55.5 Å². The second-order valence-corrected chi connectivity index (χ2v) is 10.3. The number of fused-ring (bicyclic) bond motifs is 1. The van der Waals surface area contributed by atoms with Crippen molar-refractivity contribution in [3.05, 3.63) is 88.4 Å². The molecule has 8 heteroatoms. The van der Waals surface area contributed by atoms with E-state index >= 15 is 0 Å². The first-order chi connectivity index (χ1) is 15.3. The Morgan fingerprint density at radius 2 is 1.81 bits per heavy atom.